The lowest BCUT2D eigenvalue weighted by Gasteiger charge is -2.43. The van der Waals surface area contributed by atoms with Crippen LogP contribution >= 0.6 is 11.3 Å². The Labute approximate surface area is 178 Å². The standard InChI is InChI=1S/C21H23N3O5S/c1-13-11-22-20(30-13)23-19(27)12-28-15-3-4-16-17(26)10-21(29-18(16)9-15)5-7-24(8-6-21)14(2)25/h3-4,9,11H,5-8,10,12H2,1-2H3,(H,22,23,27). The number of ether oxygens (including phenoxy) is 2. The number of carbonyl (C=O) groups is 3. The highest BCUT2D eigenvalue weighted by Gasteiger charge is 2.43. The maximum absolute atomic E-state index is 12.7. The fourth-order valence-electron chi connectivity index (χ4n) is 3.79. The summed E-state index contributed by atoms with van der Waals surface area (Å²) in [5.74, 6) is 0.665. The highest BCUT2D eigenvalue weighted by atomic mass is 32.1. The van der Waals surface area contributed by atoms with Crippen LogP contribution in [0.1, 0.15) is 41.4 Å². The van der Waals surface area contributed by atoms with Crippen LogP contribution in [0.5, 0.6) is 11.5 Å². The van der Waals surface area contributed by atoms with Gasteiger partial charge in [-0.05, 0) is 19.1 Å². The number of ketones is 1. The number of amides is 2. The van der Waals surface area contributed by atoms with Crippen LogP contribution in [0.3, 0.4) is 0 Å². The molecule has 0 aliphatic carbocycles. The van der Waals surface area contributed by atoms with E-state index in [0.717, 1.165) is 4.88 Å². The van der Waals surface area contributed by atoms with Gasteiger partial charge < -0.3 is 14.4 Å². The predicted octanol–water partition coefficient (Wildman–Crippen LogP) is 2.82. The molecular formula is C21H23N3O5S. The quantitative estimate of drug-likeness (QED) is 0.803. The minimum absolute atomic E-state index is 0.0240. The Kier molecular flexibility index (Phi) is 5.46. The molecule has 1 spiro atoms. The molecule has 2 aromatic rings. The first-order valence-electron chi connectivity index (χ1n) is 9.80. The normalized spacial score (nSPS) is 17.3. The SMILES string of the molecule is CC(=O)N1CCC2(CC1)CC(=O)c1ccc(OCC(=O)Nc3ncc(C)s3)cc1O2. The van der Waals surface area contributed by atoms with E-state index in [-0.39, 0.29) is 24.2 Å². The molecule has 8 nitrogen and oxygen atoms in total. The van der Waals surface area contributed by atoms with Crippen LogP contribution in [0.4, 0.5) is 5.13 Å². The van der Waals surface area contributed by atoms with Crippen molar-refractivity contribution in [1.82, 2.24) is 9.88 Å². The molecule has 1 aromatic heterocycles. The van der Waals surface area contributed by atoms with E-state index in [0.29, 0.717) is 54.5 Å². The molecule has 4 rings (SSSR count). The van der Waals surface area contributed by atoms with Gasteiger partial charge in [0.1, 0.15) is 17.1 Å². The highest BCUT2D eigenvalue weighted by Crippen LogP contribution is 2.40. The molecule has 1 fully saturated rings. The van der Waals surface area contributed by atoms with Gasteiger partial charge >= 0.3 is 0 Å². The molecule has 0 saturated carbocycles. The molecule has 2 amide bonds. The van der Waals surface area contributed by atoms with Gasteiger partial charge in [-0.15, -0.1) is 11.3 Å². The van der Waals surface area contributed by atoms with Gasteiger partial charge in [-0.25, -0.2) is 4.98 Å². The number of piperidine rings is 1. The zero-order valence-corrected chi connectivity index (χ0v) is 17.7. The van der Waals surface area contributed by atoms with Gasteiger partial charge in [-0.3, -0.25) is 19.7 Å². The molecule has 0 unspecified atom stereocenters. The molecule has 2 aliphatic heterocycles. The Morgan fingerprint density at radius 1 is 1.33 bits per heavy atom. The van der Waals surface area contributed by atoms with Crippen molar-refractivity contribution in [3.8, 4) is 11.5 Å². The van der Waals surface area contributed by atoms with Gasteiger partial charge in [0, 0.05) is 50.0 Å². The number of Topliss-reactive ketones (excluding diaryl/α,β-unsaturated/α-hetero) is 1. The number of anilines is 1. The summed E-state index contributed by atoms with van der Waals surface area (Å²) < 4.78 is 11.9. The van der Waals surface area contributed by atoms with Gasteiger partial charge in [0.2, 0.25) is 5.91 Å². The Morgan fingerprint density at radius 3 is 2.77 bits per heavy atom. The van der Waals surface area contributed by atoms with E-state index >= 15 is 0 Å². The number of hydrogen-bond acceptors (Lipinski definition) is 7. The smallest absolute Gasteiger partial charge is 0.264 e. The van der Waals surface area contributed by atoms with Gasteiger partial charge in [-0.2, -0.15) is 0 Å². The number of aromatic nitrogens is 1. The number of carbonyl (C=O) groups excluding carboxylic acids is 3. The average Bonchev–Trinajstić information content (AvgIpc) is 3.11. The number of hydrogen-bond donors (Lipinski definition) is 1. The van der Waals surface area contributed by atoms with Crippen molar-refractivity contribution in [3.05, 3.63) is 34.8 Å². The Balaban J connectivity index is 1.41. The molecule has 9 heteroatoms. The Hall–Kier alpha value is -2.94. The summed E-state index contributed by atoms with van der Waals surface area (Å²) in [6, 6.07) is 5.00. The molecular weight excluding hydrogens is 406 g/mol. The summed E-state index contributed by atoms with van der Waals surface area (Å²) in [7, 11) is 0. The van der Waals surface area contributed by atoms with Crippen molar-refractivity contribution in [2.45, 2.75) is 38.7 Å². The maximum atomic E-state index is 12.7. The second kappa shape index (κ2) is 8.06. The number of aryl methyl sites for hydroxylation is 1. The third-order valence-electron chi connectivity index (χ3n) is 5.42. The number of thiazole rings is 1. The maximum Gasteiger partial charge on any atom is 0.264 e. The van der Waals surface area contributed by atoms with E-state index < -0.39 is 5.60 Å². The van der Waals surface area contributed by atoms with Gasteiger partial charge in [-0.1, -0.05) is 0 Å². The predicted molar refractivity (Wildman–Crippen MR) is 111 cm³/mol. The second-order valence-electron chi connectivity index (χ2n) is 7.66. The summed E-state index contributed by atoms with van der Waals surface area (Å²) in [6.45, 7) is 4.43. The highest BCUT2D eigenvalue weighted by molar-refractivity contribution is 7.15. The van der Waals surface area contributed by atoms with Gasteiger partial charge in [0.05, 0.1) is 12.0 Å². The van der Waals surface area contributed by atoms with E-state index in [9.17, 15) is 14.4 Å². The van der Waals surface area contributed by atoms with Crippen LogP contribution in [0, 0.1) is 6.92 Å². The first-order valence-corrected chi connectivity index (χ1v) is 10.6. The third-order valence-corrected chi connectivity index (χ3v) is 6.25. The average molecular weight is 429 g/mol. The number of benzene rings is 1. The third kappa shape index (κ3) is 4.30. The summed E-state index contributed by atoms with van der Waals surface area (Å²) in [4.78, 5) is 43.2. The molecule has 158 valence electrons. The van der Waals surface area contributed by atoms with Crippen LogP contribution in [-0.4, -0.2) is 52.8 Å². The number of nitrogens with one attached hydrogen (secondary N) is 1. The van der Waals surface area contributed by atoms with E-state index in [1.165, 1.54) is 11.3 Å². The molecule has 1 N–H and O–H groups in total. The molecule has 30 heavy (non-hydrogen) atoms. The molecule has 1 aromatic carbocycles. The van der Waals surface area contributed by atoms with E-state index in [4.69, 9.17) is 9.47 Å². The zero-order chi connectivity index (χ0) is 21.3. The topological polar surface area (TPSA) is 97.8 Å². The fourth-order valence-corrected chi connectivity index (χ4v) is 4.47. The molecule has 0 radical (unpaired) electrons. The van der Waals surface area contributed by atoms with E-state index in [1.54, 1.807) is 36.2 Å². The first-order chi connectivity index (χ1) is 14.3. The van der Waals surface area contributed by atoms with Crippen LogP contribution in [0.2, 0.25) is 0 Å². The van der Waals surface area contributed by atoms with Crippen molar-refractivity contribution in [2.75, 3.05) is 25.0 Å². The number of likely N-dealkylation sites (tertiary alicyclic amines) is 1. The van der Waals surface area contributed by atoms with E-state index in [1.807, 2.05) is 6.92 Å². The Bertz CT molecular complexity index is 994. The summed E-state index contributed by atoms with van der Waals surface area (Å²) in [5, 5.41) is 3.22. The minimum atomic E-state index is -0.589. The van der Waals surface area contributed by atoms with Crippen molar-refractivity contribution in [3.63, 3.8) is 0 Å². The molecule has 2 aliphatic rings. The van der Waals surface area contributed by atoms with Crippen LogP contribution in [0.15, 0.2) is 24.4 Å². The van der Waals surface area contributed by atoms with Crippen molar-refractivity contribution >= 4 is 34.1 Å². The van der Waals surface area contributed by atoms with Crippen LogP contribution in [0.25, 0.3) is 0 Å². The largest absolute Gasteiger partial charge is 0.486 e. The summed E-state index contributed by atoms with van der Waals surface area (Å²) >= 11 is 1.39. The Morgan fingerprint density at radius 2 is 2.10 bits per heavy atom. The second-order valence-corrected chi connectivity index (χ2v) is 8.90. The zero-order valence-electron chi connectivity index (χ0n) is 16.9. The lowest BCUT2D eigenvalue weighted by molar-refractivity contribution is -0.132. The number of nitrogens with zero attached hydrogens (tertiary/aromatic N) is 2. The molecule has 0 bridgehead atoms. The summed E-state index contributed by atoms with van der Waals surface area (Å²) in [5.41, 5.74) is -0.0703. The van der Waals surface area contributed by atoms with Gasteiger partial charge in [0.15, 0.2) is 17.5 Å². The van der Waals surface area contributed by atoms with Crippen molar-refractivity contribution in [1.29, 1.82) is 0 Å². The van der Waals surface area contributed by atoms with Crippen LogP contribution < -0.4 is 14.8 Å². The lowest BCUT2D eigenvalue weighted by Crippen LogP contribution is -2.51. The molecule has 1 saturated heterocycles. The molecule has 3 heterocycles. The van der Waals surface area contributed by atoms with E-state index in [2.05, 4.69) is 10.3 Å². The molecule has 0 atom stereocenters. The van der Waals surface area contributed by atoms with Crippen molar-refractivity contribution < 1.29 is 23.9 Å². The first kappa shape index (κ1) is 20.3. The van der Waals surface area contributed by atoms with Crippen LogP contribution in [-0.2, 0) is 9.59 Å². The number of rotatable bonds is 4. The minimum Gasteiger partial charge on any atom is -0.486 e. The monoisotopic (exact) mass is 429 g/mol. The number of fused-ring (bicyclic) bond motifs is 1. The fraction of sp³-hybridized carbons (Fsp3) is 0.429. The van der Waals surface area contributed by atoms with Crippen molar-refractivity contribution in [2.24, 2.45) is 0 Å². The lowest BCUT2D eigenvalue weighted by atomic mass is 9.82. The summed E-state index contributed by atoms with van der Waals surface area (Å²) in [6.07, 6.45) is 3.22. The van der Waals surface area contributed by atoms with Gasteiger partial charge in [0.25, 0.3) is 5.91 Å².